The van der Waals surface area contributed by atoms with Crippen molar-refractivity contribution in [3.8, 4) is 0 Å². The lowest BCUT2D eigenvalue weighted by atomic mass is 9.99. The summed E-state index contributed by atoms with van der Waals surface area (Å²) in [5.74, 6) is 0.0325. The Labute approximate surface area is 213 Å². The number of nitrogens with zero attached hydrogens (tertiary/aromatic N) is 3. The van der Waals surface area contributed by atoms with Crippen molar-refractivity contribution in [2.45, 2.75) is 78.2 Å². The molecule has 2 fully saturated rings. The van der Waals surface area contributed by atoms with E-state index in [-0.39, 0.29) is 17.7 Å². The van der Waals surface area contributed by atoms with Gasteiger partial charge in [-0.2, -0.15) is 0 Å². The molecule has 1 atom stereocenters. The van der Waals surface area contributed by atoms with Gasteiger partial charge in [-0.05, 0) is 81.6 Å². The summed E-state index contributed by atoms with van der Waals surface area (Å²) in [6.45, 7) is 12.6. The van der Waals surface area contributed by atoms with Gasteiger partial charge in [-0.15, -0.1) is 0 Å². The largest absolute Gasteiger partial charge is 0.369 e. The molecule has 0 spiro atoms. The zero-order chi connectivity index (χ0) is 25.2. The predicted octanol–water partition coefficient (Wildman–Crippen LogP) is 4.27. The quantitative estimate of drug-likeness (QED) is 0.482. The van der Waals surface area contributed by atoms with Crippen molar-refractivity contribution in [3.05, 3.63) is 36.2 Å². The van der Waals surface area contributed by atoms with Gasteiger partial charge in [0.15, 0.2) is 0 Å². The van der Waals surface area contributed by atoms with Crippen LogP contribution in [0.2, 0.25) is 0 Å². The Morgan fingerprint density at radius 1 is 1.03 bits per heavy atom. The molecule has 2 saturated heterocycles. The molecule has 2 aliphatic heterocycles. The van der Waals surface area contributed by atoms with E-state index in [1.165, 1.54) is 43.6 Å². The first-order valence-electron chi connectivity index (χ1n) is 13.8. The first kappa shape index (κ1) is 27.5. The van der Waals surface area contributed by atoms with Gasteiger partial charge >= 0.3 is 0 Å². The third-order valence-corrected chi connectivity index (χ3v) is 7.73. The number of amides is 2. The first-order valence-corrected chi connectivity index (χ1v) is 13.8. The summed E-state index contributed by atoms with van der Waals surface area (Å²) in [5, 5.41) is 0. The highest BCUT2D eigenvalue weighted by Gasteiger charge is 2.27. The minimum Gasteiger partial charge on any atom is -0.369 e. The maximum Gasteiger partial charge on any atom is 0.226 e. The van der Waals surface area contributed by atoms with Crippen molar-refractivity contribution in [3.63, 3.8) is 0 Å². The summed E-state index contributed by atoms with van der Waals surface area (Å²) in [4.78, 5) is 31.0. The number of piperidine rings is 2. The van der Waals surface area contributed by atoms with Crippen molar-refractivity contribution >= 4 is 17.5 Å². The molecule has 2 N–H and O–H groups in total. The molecule has 2 heterocycles. The predicted molar refractivity (Wildman–Crippen MR) is 144 cm³/mol. The fraction of sp³-hybridized carbons (Fsp3) is 0.690. The molecule has 0 aromatic heterocycles. The lowest BCUT2D eigenvalue weighted by Crippen LogP contribution is -2.47. The van der Waals surface area contributed by atoms with Crippen LogP contribution >= 0.6 is 0 Å². The van der Waals surface area contributed by atoms with Crippen molar-refractivity contribution in [2.24, 2.45) is 17.6 Å². The average Bonchev–Trinajstić information content (AvgIpc) is 2.87. The summed E-state index contributed by atoms with van der Waals surface area (Å²) in [7, 11) is 0. The van der Waals surface area contributed by atoms with E-state index in [0.29, 0.717) is 18.4 Å². The van der Waals surface area contributed by atoms with Gasteiger partial charge in [0.2, 0.25) is 11.8 Å². The normalized spacial score (nSPS) is 18.6. The monoisotopic (exact) mass is 483 g/mol. The molecule has 1 radical (unpaired) electrons. The van der Waals surface area contributed by atoms with Gasteiger partial charge in [-0.3, -0.25) is 9.59 Å². The van der Waals surface area contributed by atoms with E-state index in [1.54, 1.807) is 13.3 Å². The summed E-state index contributed by atoms with van der Waals surface area (Å²) in [6, 6.07) is 9.69. The molecule has 0 bridgehead atoms. The van der Waals surface area contributed by atoms with Crippen LogP contribution < -0.4 is 10.6 Å². The number of anilines is 1. The van der Waals surface area contributed by atoms with Gasteiger partial charge in [0.25, 0.3) is 0 Å². The number of hydrogen-bond acceptors (Lipinski definition) is 4. The Morgan fingerprint density at radius 3 is 2.29 bits per heavy atom. The second-order valence-corrected chi connectivity index (χ2v) is 11.0. The topological polar surface area (TPSA) is 69.9 Å². The molecular weight excluding hydrogens is 436 g/mol. The van der Waals surface area contributed by atoms with E-state index in [2.05, 4.69) is 47.9 Å². The zero-order valence-corrected chi connectivity index (χ0v) is 22.3. The first-order chi connectivity index (χ1) is 16.8. The lowest BCUT2D eigenvalue weighted by molar-refractivity contribution is -0.129. The van der Waals surface area contributed by atoms with Crippen LogP contribution in [-0.4, -0.2) is 66.9 Å². The second kappa shape index (κ2) is 13.9. The van der Waals surface area contributed by atoms with Crippen LogP contribution in [0.3, 0.4) is 0 Å². The smallest absolute Gasteiger partial charge is 0.226 e. The Hall–Kier alpha value is -2.08. The highest BCUT2D eigenvalue weighted by molar-refractivity contribution is 5.86. The number of likely N-dealkylation sites (tertiary alicyclic amines) is 2. The third kappa shape index (κ3) is 8.82. The van der Waals surface area contributed by atoms with Crippen LogP contribution in [0.1, 0.15) is 71.3 Å². The van der Waals surface area contributed by atoms with Crippen LogP contribution in [0.4, 0.5) is 5.69 Å². The van der Waals surface area contributed by atoms with Crippen LogP contribution in [0, 0.1) is 18.3 Å². The Morgan fingerprint density at radius 2 is 1.69 bits per heavy atom. The molecule has 1 unspecified atom stereocenters. The molecule has 1 aromatic rings. The van der Waals surface area contributed by atoms with Crippen molar-refractivity contribution in [1.82, 2.24) is 9.80 Å². The molecule has 2 amide bonds. The minimum atomic E-state index is -0.355. The fourth-order valence-electron chi connectivity index (χ4n) is 5.16. The minimum absolute atomic E-state index is 0.0309. The molecule has 0 aliphatic carbocycles. The lowest BCUT2D eigenvalue weighted by Gasteiger charge is -2.40. The number of nitrogens with two attached hydrogens (primary N) is 1. The van der Waals surface area contributed by atoms with E-state index in [0.717, 1.165) is 51.9 Å². The highest BCUT2D eigenvalue weighted by atomic mass is 16.2. The molecular formula is C29H47N4O2. The van der Waals surface area contributed by atoms with Gasteiger partial charge in [0.05, 0.1) is 6.42 Å². The second-order valence-electron chi connectivity index (χ2n) is 11.0. The third-order valence-electron chi connectivity index (χ3n) is 7.73. The van der Waals surface area contributed by atoms with Crippen molar-refractivity contribution < 1.29 is 9.59 Å². The summed E-state index contributed by atoms with van der Waals surface area (Å²) < 4.78 is 0. The zero-order valence-electron chi connectivity index (χ0n) is 22.3. The summed E-state index contributed by atoms with van der Waals surface area (Å²) in [6.07, 6.45) is 10.4. The van der Waals surface area contributed by atoms with E-state index in [9.17, 15) is 9.59 Å². The molecule has 0 saturated carbocycles. The Balaban J connectivity index is 1.54. The van der Waals surface area contributed by atoms with Gasteiger partial charge < -0.3 is 20.4 Å². The molecule has 6 nitrogen and oxygen atoms in total. The Kier molecular flexibility index (Phi) is 10.9. The number of carbonyl (C=O) groups is 2. The number of hydrogen-bond donors (Lipinski definition) is 1. The number of carbonyl (C=O) groups excluding carboxylic acids is 2. The fourth-order valence-corrected chi connectivity index (χ4v) is 5.16. The summed E-state index contributed by atoms with van der Waals surface area (Å²) >= 11 is 0. The molecule has 1 aromatic carbocycles. The van der Waals surface area contributed by atoms with Crippen LogP contribution in [-0.2, 0) is 16.0 Å². The highest BCUT2D eigenvalue weighted by Crippen LogP contribution is 2.26. The van der Waals surface area contributed by atoms with Crippen LogP contribution in [0.5, 0.6) is 0 Å². The van der Waals surface area contributed by atoms with Crippen molar-refractivity contribution in [2.75, 3.05) is 44.2 Å². The van der Waals surface area contributed by atoms with Gasteiger partial charge in [0, 0.05) is 43.8 Å². The summed E-state index contributed by atoms with van der Waals surface area (Å²) in [5.41, 5.74) is 8.05. The van der Waals surface area contributed by atoms with Gasteiger partial charge in [-0.25, -0.2) is 0 Å². The van der Waals surface area contributed by atoms with Crippen molar-refractivity contribution in [1.29, 1.82) is 0 Å². The molecule has 2 aliphatic rings. The number of primary amides is 1. The molecule has 3 rings (SSSR count). The number of rotatable bonds is 12. The van der Waals surface area contributed by atoms with Crippen LogP contribution in [0.25, 0.3) is 0 Å². The number of benzene rings is 1. The van der Waals surface area contributed by atoms with Crippen LogP contribution in [0.15, 0.2) is 24.3 Å². The van der Waals surface area contributed by atoms with E-state index < -0.39 is 0 Å². The maximum absolute atomic E-state index is 12.6. The molecule has 6 heteroatoms. The average molecular weight is 484 g/mol. The van der Waals surface area contributed by atoms with Gasteiger partial charge in [-0.1, -0.05) is 39.3 Å². The maximum atomic E-state index is 12.6. The van der Waals surface area contributed by atoms with E-state index in [4.69, 9.17) is 5.73 Å². The Bertz CT molecular complexity index is 780. The standard InChI is InChI=1S/C29H47N4O2/c1-23(2)13-22-33(26-10-8-25(9-11-26)14-19-31-17-5-4-6-18-31)27-15-20-32(21-16-27)28(34)12-7-24(3)29(30)35/h8-12,23-24,27H,4-7,13-22H2,1-3H3,(H2,30,35). The molecule has 195 valence electrons. The van der Waals surface area contributed by atoms with E-state index in [1.807, 2.05) is 4.90 Å². The SMILES string of the molecule is CC(C)CCN(c1ccc(CCN2CCCCC2)cc1)C1CCN(C(=O)[CH]CC(C)C(N)=O)CC1. The van der Waals surface area contributed by atoms with E-state index >= 15 is 0 Å². The molecule has 35 heavy (non-hydrogen) atoms. The van der Waals surface area contributed by atoms with Gasteiger partial charge in [0.1, 0.15) is 0 Å².